The van der Waals surface area contributed by atoms with Gasteiger partial charge in [-0.05, 0) is 26.7 Å². The molecule has 0 bridgehead atoms. The van der Waals surface area contributed by atoms with Gasteiger partial charge in [-0.15, -0.1) is 0 Å². The Balaban J connectivity index is 2.33. The first-order chi connectivity index (χ1) is 8.93. The van der Waals surface area contributed by atoms with E-state index in [1.54, 1.807) is 0 Å². The topological polar surface area (TPSA) is 84.9 Å². The van der Waals surface area contributed by atoms with Gasteiger partial charge in [0.15, 0.2) is 0 Å². The molecule has 19 heavy (non-hydrogen) atoms. The molecule has 1 unspecified atom stereocenters. The number of carboxylic acids is 1. The maximum atomic E-state index is 11.8. The molecule has 1 saturated heterocycles. The minimum absolute atomic E-state index is 0.0960. The van der Waals surface area contributed by atoms with Crippen molar-refractivity contribution in [2.45, 2.75) is 51.2 Å². The summed E-state index contributed by atoms with van der Waals surface area (Å²) in [7, 11) is 0. The molecule has 0 aromatic carbocycles. The Morgan fingerprint density at radius 2 is 2.21 bits per heavy atom. The van der Waals surface area contributed by atoms with E-state index in [9.17, 15) is 9.59 Å². The van der Waals surface area contributed by atoms with Crippen molar-refractivity contribution >= 4 is 11.9 Å². The summed E-state index contributed by atoms with van der Waals surface area (Å²) in [6, 6.07) is 0. The van der Waals surface area contributed by atoms with E-state index in [0.717, 1.165) is 0 Å². The van der Waals surface area contributed by atoms with Gasteiger partial charge >= 0.3 is 5.97 Å². The summed E-state index contributed by atoms with van der Waals surface area (Å²) in [6.07, 6.45) is 1.58. The number of ether oxygens (including phenoxy) is 2. The molecular weight excluding hydrogens is 250 g/mol. The standard InChI is InChI=1S/C13H23NO5/c1-10(2)19-6-3-4-11(15)14-13(8-12(16)17)5-7-18-9-13/h10H,3-9H2,1-2H3,(H,14,15)(H,16,17). The fourth-order valence-electron chi connectivity index (χ4n) is 2.09. The van der Waals surface area contributed by atoms with Crippen molar-refractivity contribution in [1.82, 2.24) is 5.32 Å². The van der Waals surface area contributed by atoms with Crippen LogP contribution in [0.25, 0.3) is 0 Å². The lowest BCUT2D eigenvalue weighted by molar-refractivity contribution is -0.139. The Labute approximate surface area is 113 Å². The van der Waals surface area contributed by atoms with Crippen LogP contribution in [0.15, 0.2) is 0 Å². The van der Waals surface area contributed by atoms with E-state index in [0.29, 0.717) is 32.5 Å². The summed E-state index contributed by atoms with van der Waals surface area (Å²) in [4.78, 5) is 22.7. The SMILES string of the molecule is CC(C)OCCCC(=O)NC1(CC(=O)O)CCOC1. The average Bonchev–Trinajstić information content (AvgIpc) is 2.71. The maximum absolute atomic E-state index is 11.8. The van der Waals surface area contributed by atoms with E-state index in [4.69, 9.17) is 14.6 Å². The highest BCUT2D eigenvalue weighted by atomic mass is 16.5. The first-order valence-corrected chi connectivity index (χ1v) is 6.66. The molecule has 0 spiro atoms. The van der Waals surface area contributed by atoms with Crippen LogP contribution in [0.4, 0.5) is 0 Å². The van der Waals surface area contributed by atoms with E-state index >= 15 is 0 Å². The summed E-state index contributed by atoms with van der Waals surface area (Å²) >= 11 is 0. The predicted molar refractivity (Wildman–Crippen MR) is 68.9 cm³/mol. The highest BCUT2D eigenvalue weighted by molar-refractivity contribution is 5.78. The maximum Gasteiger partial charge on any atom is 0.305 e. The highest BCUT2D eigenvalue weighted by Gasteiger charge is 2.38. The van der Waals surface area contributed by atoms with Crippen molar-refractivity contribution < 1.29 is 24.2 Å². The molecule has 1 atom stereocenters. The van der Waals surface area contributed by atoms with Gasteiger partial charge < -0.3 is 19.9 Å². The number of amides is 1. The fraction of sp³-hybridized carbons (Fsp3) is 0.846. The van der Waals surface area contributed by atoms with Crippen molar-refractivity contribution in [1.29, 1.82) is 0 Å². The van der Waals surface area contributed by atoms with E-state index in [1.807, 2.05) is 13.8 Å². The lowest BCUT2D eigenvalue weighted by Crippen LogP contribution is -2.50. The van der Waals surface area contributed by atoms with Crippen LogP contribution in [0.3, 0.4) is 0 Å². The van der Waals surface area contributed by atoms with Crippen LogP contribution >= 0.6 is 0 Å². The molecule has 0 saturated carbocycles. The summed E-state index contributed by atoms with van der Waals surface area (Å²) in [5.41, 5.74) is -0.734. The molecule has 0 radical (unpaired) electrons. The van der Waals surface area contributed by atoms with Crippen LogP contribution in [0.1, 0.15) is 39.5 Å². The predicted octanol–water partition coefficient (Wildman–Crippen LogP) is 0.942. The van der Waals surface area contributed by atoms with Gasteiger partial charge in [-0.1, -0.05) is 0 Å². The fourth-order valence-corrected chi connectivity index (χ4v) is 2.09. The molecule has 6 nitrogen and oxygen atoms in total. The third-order valence-corrected chi connectivity index (χ3v) is 3.00. The Hall–Kier alpha value is -1.14. The third-order valence-electron chi connectivity index (χ3n) is 3.00. The molecule has 1 amide bonds. The number of rotatable bonds is 8. The van der Waals surface area contributed by atoms with Gasteiger partial charge in [0.2, 0.25) is 5.91 Å². The lowest BCUT2D eigenvalue weighted by atomic mass is 9.94. The van der Waals surface area contributed by atoms with Gasteiger partial charge in [0.25, 0.3) is 0 Å². The number of aliphatic carboxylic acids is 1. The molecular formula is C13H23NO5. The summed E-state index contributed by atoms with van der Waals surface area (Å²) < 4.78 is 10.6. The molecule has 110 valence electrons. The van der Waals surface area contributed by atoms with Crippen molar-refractivity contribution in [3.05, 3.63) is 0 Å². The van der Waals surface area contributed by atoms with Crippen LogP contribution in [-0.2, 0) is 19.1 Å². The monoisotopic (exact) mass is 273 g/mol. The minimum atomic E-state index is -0.922. The number of carboxylic acid groups (broad SMARTS) is 1. The Morgan fingerprint density at radius 3 is 2.74 bits per heavy atom. The molecule has 1 heterocycles. The minimum Gasteiger partial charge on any atom is -0.481 e. The molecule has 1 aliphatic rings. The Bertz CT molecular complexity index is 310. The quantitative estimate of drug-likeness (QED) is 0.643. The van der Waals surface area contributed by atoms with Crippen molar-refractivity contribution in [2.75, 3.05) is 19.8 Å². The number of hydrogen-bond acceptors (Lipinski definition) is 4. The van der Waals surface area contributed by atoms with Gasteiger partial charge in [0.1, 0.15) is 0 Å². The average molecular weight is 273 g/mol. The molecule has 1 fully saturated rings. The zero-order valence-corrected chi connectivity index (χ0v) is 11.6. The molecule has 1 rings (SSSR count). The van der Waals surface area contributed by atoms with E-state index in [2.05, 4.69) is 5.32 Å². The highest BCUT2D eigenvalue weighted by Crippen LogP contribution is 2.22. The number of carbonyl (C=O) groups excluding carboxylic acids is 1. The van der Waals surface area contributed by atoms with Crippen LogP contribution in [0.2, 0.25) is 0 Å². The van der Waals surface area contributed by atoms with Gasteiger partial charge in [-0.2, -0.15) is 0 Å². The normalized spacial score (nSPS) is 22.7. The smallest absolute Gasteiger partial charge is 0.305 e. The van der Waals surface area contributed by atoms with Crippen LogP contribution in [0.5, 0.6) is 0 Å². The first kappa shape index (κ1) is 15.9. The van der Waals surface area contributed by atoms with Gasteiger partial charge in [0, 0.05) is 19.6 Å². The second-order valence-corrected chi connectivity index (χ2v) is 5.22. The summed E-state index contributed by atoms with van der Waals surface area (Å²) in [5, 5.41) is 11.7. The van der Waals surface area contributed by atoms with Gasteiger partial charge in [-0.25, -0.2) is 0 Å². The van der Waals surface area contributed by atoms with Crippen molar-refractivity contribution in [2.24, 2.45) is 0 Å². The largest absolute Gasteiger partial charge is 0.481 e. The van der Waals surface area contributed by atoms with Crippen LogP contribution < -0.4 is 5.32 Å². The molecule has 6 heteroatoms. The van der Waals surface area contributed by atoms with E-state index < -0.39 is 11.5 Å². The third kappa shape index (κ3) is 6.02. The first-order valence-electron chi connectivity index (χ1n) is 6.66. The number of nitrogens with one attached hydrogen (secondary N) is 1. The Morgan fingerprint density at radius 1 is 1.47 bits per heavy atom. The summed E-state index contributed by atoms with van der Waals surface area (Å²) in [5.74, 6) is -1.06. The number of carbonyl (C=O) groups is 2. The molecule has 0 aromatic heterocycles. The van der Waals surface area contributed by atoms with Gasteiger partial charge in [0.05, 0.1) is 24.7 Å². The zero-order chi connectivity index (χ0) is 14.3. The van der Waals surface area contributed by atoms with E-state index in [-0.39, 0.29) is 25.0 Å². The van der Waals surface area contributed by atoms with Gasteiger partial charge in [-0.3, -0.25) is 9.59 Å². The molecule has 0 aliphatic carbocycles. The zero-order valence-electron chi connectivity index (χ0n) is 11.6. The van der Waals surface area contributed by atoms with Crippen molar-refractivity contribution in [3.63, 3.8) is 0 Å². The molecule has 2 N–H and O–H groups in total. The molecule has 1 aliphatic heterocycles. The van der Waals surface area contributed by atoms with Crippen LogP contribution in [-0.4, -0.2) is 48.4 Å². The second-order valence-electron chi connectivity index (χ2n) is 5.22. The number of hydrogen-bond donors (Lipinski definition) is 2. The lowest BCUT2D eigenvalue weighted by Gasteiger charge is -2.27. The van der Waals surface area contributed by atoms with Crippen LogP contribution in [0, 0.1) is 0 Å². The summed E-state index contributed by atoms with van der Waals surface area (Å²) in [6.45, 7) is 5.18. The molecule has 0 aromatic rings. The second kappa shape index (κ2) is 7.45. The van der Waals surface area contributed by atoms with Crippen molar-refractivity contribution in [3.8, 4) is 0 Å². The Kier molecular flexibility index (Phi) is 6.24. The van der Waals surface area contributed by atoms with E-state index in [1.165, 1.54) is 0 Å².